The second-order valence-corrected chi connectivity index (χ2v) is 5.87. The van der Waals surface area contributed by atoms with Crippen molar-refractivity contribution in [2.75, 3.05) is 13.2 Å². The van der Waals surface area contributed by atoms with Crippen LogP contribution in [0.1, 0.15) is 46.5 Å². The predicted octanol–water partition coefficient (Wildman–Crippen LogP) is 3.49. The third-order valence-corrected chi connectivity index (χ3v) is 4.87. The van der Waals surface area contributed by atoms with E-state index in [-0.39, 0.29) is 0 Å². The highest BCUT2D eigenvalue weighted by atomic mass is 16.5. The molecule has 3 fully saturated rings. The van der Waals surface area contributed by atoms with E-state index in [1.165, 1.54) is 25.7 Å². The van der Waals surface area contributed by atoms with Crippen molar-refractivity contribution < 1.29 is 4.74 Å². The lowest BCUT2D eigenvalue weighted by atomic mass is 9.58. The lowest BCUT2D eigenvalue weighted by molar-refractivity contribution is -0.0511. The standard InChI is InChI=1S/C13H24O/c1-10(2)13(3)8-11-4-5-12(13)6-7-14-9-11/h10-12H,4-9H2,1-3H3. The molecule has 82 valence electrons. The minimum absolute atomic E-state index is 0.590. The Morgan fingerprint density at radius 2 is 2.00 bits per heavy atom. The van der Waals surface area contributed by atoms with Gasteiger partial charge in [-0.2, -0.15) is 0 Å². The summed E-state index contributed by atoms with van der Waals surface area (Å²) in [5, 5.41) is 0. The van der Waals surface area contributed by atoms with Gasteiger partial charge in [0.15, 0.2) is 0 Å². The normalized spacial score (nSPS) is 43.7. The van der Waals surface area contributed by atoms with Crippen LogP contribution in [0.15, 0.2) is 0 Å². The van der Waals surface area contributed by atoms with Gasteiger partial charge < -0.3 is 4.74 Å². The van der Waals surface area contributed by atoms with Gasteiger partial charge in [-0.25, -0.2) is 0 Å². The Kier molecular flexibility index (Phi) is 2.88. The van der Waals surface area contributed by atoms with E-state index in [0.717, 1.165) is 31.0 Å². The smallest absolute Gasteiger partial charge is 0.0494 e. The second kappa shape index (κ2) is 3.84. The molecule has 3 aliphatic rings. The summed E-state index contributed by atoms with van der Waals surface area (Å²) in [5.41, 5.74) is 0.590. The van der Waals surface area contributed by atoms with Crippen LogP contribution in [0.3, 0.4) is 0 Å². The molecule has 3 unspecified atom stereocenters. The lowest BCUT2D eigenvalue weighted by Gasteiger charge is -2.49. The van der Waals surface area contributed by atoms with Gasteiger partial charge in [0, 0.05) is 13.2 Å². The molecule has 3 atom stereocenters. The third-order valence-electron chi connectivity index (χ3n) is 4.87. The zero-order valence-corrected chi connectivity index (χ0v) is 9.88. The summed E-state index contributed by atoms with van der Waals surface area (Å²) in [4.78, 5) is 0. The van der Waals surface area contributed by atoms with Crippen LogP contribution >= 0.6 is 0 Å². The van der Waals surface area contributed by atoms with Gasteiger partial charge >= 0.3 is 0 Å². The van der Waals surface area contributed by atoms with Crippen molar-refractivity contribution in [2.24, 2.45) is 23.2 Å². The van der Waals surface area contributed by atoms with Crippen molar-refractivity contribution in [3.8, 4) is 0 Å². The van der Waals surface area contributed by atoms with Crippen molar-refractivity contribution in [1.82, 2.24) is 0 Å². The molecule has 2 aliphatic heterocycles. The van der Waals surface area contributed by atoms with Gasteiger partial charge in [-0.1, -0.05) is 20.8 Å². The Balaban J connectivity index is 2.17. The van der Waals surface area contributed by atoms with E-state index >= 15 is 0 Å². The monoisotopic (exact) mass is 196 g/mol. The maximum absolute atomic E-state index is 5.68. The Bertz CT molecular complexity index is 195. The molecule has 2 saturated heterocycles. The fourth-order valence-corrected chi connectivity index (χ4v) is 3.46. The average molecular weight is 196 g/mol. The fraction of sp³-hybridized carbons (Fsp3) is 1.00. The summed E-state index contributed by atoms with van der Waals surface area (Å²) in [5.74, 6) is 2.59. The summed E-state index contributed by atoms with van der Waals surface area (Å²) in [6, 6.07) is 0. The zero-order chi connectivity index (χ0) is 10.2. The van der Waals surface area contributed by atoms with Gasteiger partial charge in [0.25, 0.3) is 0 Å². The van der Waals surface area contributed by atoms with Gasteiger partial charge in [-0.3, -0.25) is 0 Å². The molecule has 14 heavy (non-hydrogen) atoms. The molecule has 0 spiro atoms. The first kappa shape index (κ1) is 10.5. The summed E-state index contributed by atoms with van der Waals surface area (Å²) < 4.78 is 5.68. The largest absolute Gasteiger partial charge is 0.381 e. The van der Waals surface area contributed by atoms with Crippen LogP contribution in [0.5, 0.6) is 0 Å². The van der Waals surface area contributed by atoms with Crippen molar-refractivity contribution >= 4 is 0 Å². The number of hydrogen-bond donors (Lipinski definition) is 0. The summed E-state index contributed by atoms with van der Waals surface area (Å²) >= 11 is 0. The summed E-state index contributed by atoms with van der Waals surface area (Å²) in [6.45, 7) is 9.34. The maximum atomic E-state index is 5.68. The van der Waals surface area contributed by atoms with Crippen molar-refractivity contribution in [3.05, 3.63) is 0 Å². The number of ether oxygens (including phenoxy) is 1. The molecule has 1 heteroatoms. The van der Waals surface area contributed by atoms with E-state index in [1.54, 1.807) is 0 Å². The maximum Gasteiger partial charge on any atom is 0.0494 e. The minimum atomic E-state index is 0.590. The molecule has 2 heterocycles. The van der Waals surface area contributed by atoms with Crippen LogP contribution < -0.4 is 0 Å². The molecule has 1 saturated carbocycles. The highest BCUT2D eigenvalue weighted by molar-refractivity contribution is 4.92. The summed E-state index contributed by atoms with van der Waals surface area (Å²) in [6.07, 6.45) is 5.55. The Morgan fingerprint density at radius 3 is 2.71 bits per heavy atom. The van der Waals surface area contributed by atoms with Gasteiger partial charge in [0.1, 0.15) is 0 Å². The quantitative estimate of drug-likeness (QED) is 0.624. The van der Waals surface area contributed by atoms with E-state index in [1.807, 2.05) is 0 Å². The Hall–Kier alpha value is -0.0400. The van der Waals surface area contributed by atoms with E-state index in [4.69, 9.17) is 4.74 Å². The van der Waals surface area contributed by atoms with E-state index in [0.29, 0.717) is 5.41 Å². The highest BCUT2D eigenvalue weighted by Gasteiger charge is 2.43. The molecule has 0 aromatic carbocycles. The zero-order valence-electron chi connectivity index (χ0n) is 9.88. The highest BCUT2D eigenvalue weighted by Crippen LogP contribution is 2.50. The number of hydrogen-bond acceptors (Lipinski definition) is 1. The molecular weight excluding hydrogens is 172 g/mol. The second-order valence-electron chi connectivity index (χ2n) is 5.87. The van der Waals surface area contributed by atoms with Gasteiger partial charge in [-0.15, -0.1) is 0 Å². The average Bonchev–Trinajstić information content (AvgIpc) is 2.07. The lowest BCUT2D eigenvalue weighted by Crippen LogP contribution is -2.42. The van der Waals surface area contributed by atoms with Gasteiger partial charge in [-0.05, 0) is 48.9 Å². The fourth-order valence-electron chi connectivity index (χ4n) is 3.46. The topological polar surface area (TPSA) is 9.23 Å². The van der Waals surface area contributed by atoms with E-state index in [9.17, 15) is 0 Å². The molecule has 1 nitrogen and oxygen atoms in total. The molecule has 0 N–H and O–H groups in total. The molecule has 0 aromatic rings. The molecule has 2 bridgehead atoms. The molecular formula is C13H24O. The third kappa shape index (κ3) is 1.71. The minimum Gasteiger partial charge on any atom is -0.381 e. The predicted molar refractivity (Wildman–Crippen MR) is 59.2 cm³/mol. The molecule has 0 radical (unpaired) electrons. The molecule has 3 rings (SSSR count). The number of rotatable bonds is 1. The van der Waals surface area contributed by atoms with Crippen LogP contribution in [-0.2, 0) is 4.74 Å². The van der Waals surface area contributed by atoms with Crippen LogP contribution in [0.4, 0.5) is 0 Å². The van der Waals surface area contributed by atoms with E-state index in [2.05, 4.69) is 20.8 Å². The van der Waals surface area contributed by atoms with Crippen LogP contribution in [0.25, 0.3) is 0 Å². The van der Waals surface area contributed by atoms with Gasteiger partial charge in [0.2, 0.25) is 0 Å². The first-order chi connectivity index (χ1) is 6.63. The molecule has 0 aromatic heterocycles. The van der Waals surface area contributed by atoms with Crippen LogP contribution in [-0.4, -0.2) is 13.2 Å². The van der Waals surface area contributed by atoms with Crippen molar-refractivity contribution in [3.63, 3.8) is 0 Å². The van der Waals surface area contributed by atoms with Crippen molar-refractivity contribution in [1.29, 1.82) is 0 Å². The van der Waals surface area contributed by atoms with Crippen molar-refractivity contribution in [2.45, 2.75) is 46.5 Å². The first-order valence-corrected chi connectivity index (χ1v) is 6.20. The Morgan fingerprint density at radius 1 is 1.21 bits per heavy atom. The van der Waals surface area contributed by atoms with Crippen LogP contribution in [0, 0.1) is 23.2 Å². The van der Waals surface area contributed by atoms with Gasteiger partial charge in [0.05, 0.1) is 0 Å². The summed E-state index contributed by atoms with van der Waals surface area (Å²) in [7, 11) is 0. The molecule has 0 amide bonds. The molecule has 1 aliphatic carbocycles. The Labute approximate surface area is 88.2 Å². The first-order valence-electron chi connectivity index (χ1n) is 6.20. The number of fused-ring (bicyclic) bond motifs is 5. The van der Waals surface area contributed by atoms with Crippen LogP contribution in [0.2, 0.25) is 0 Å². The van der Waals surface area contributed by atoms with E-state index < -0.39 is 0 Å². The SMILES string of the molecule is CC(C)C1(C)CC2CCC1CCOC2.